The molecular formula is C2H4O6S2. The van der Waals surface area contributed by atoms with Gasteiger partial charge < -0.3 is 0 Å². The van der Waals surface area contributed by atoms with Crippen molar-refractivity contribution in [1.29, 1.82) is 0 Å². The summed E-state index contributed by atoms with van der Waals surface area (Å²) < 4.78 is 48.9. The van der Waals surface area contributed by atoms with E-state index in [4.69, 9.17) is 0 Å². The van der Waals surface area contributed by atoms with E-state index in [2.05, 4.69) is 7.81 Å². The Labute approximate surface area is 58.2 Å². The van der Waals surface area contributed by atoms with Gasteiger partial charge in [0.2, 0.25) is 5.44 Å². The van der Waals surface area contributed by atoms with E-state index in [9.17, 15) is 16.8 Å². The predicted octanol–water partition coefficient (Wildman–Crippen LogP) is -1.05. The zero-order valence-corrected chi connectivity index (χ0v) is 6.48. The lowest BCUT2D eigenvalue weighted by Crippen LogP contribution is -2.10. The topological polar surface area (TPSA) is 86.7 Å². The van der Waals surface area contributed by atoms with Crippen LogP contribution in [0.4, 0.5) is 0 Å². The van der Waals surface area contributed by atoms with Gasteiger partial charge in [-0.3, -0.25) is 0 Å². The van der Waals surface area contributed by atoms with Crippen LogP contribution in [0.15, 0.2) is 0 Å². The minimum Gasteiger partial charge on any atom is -0.225 e. The van der Waals surface area contributed by atoms with Crippen molar-refractivity contribution in [2.45, 2.75) is 12.4 Å². The summed E-state index contributed by atoms with van der Waals surface area (Å²) >= 11 is 0. The first kappa shape index (κ1) is 7.92. The average Bonchev–Trinajstić information content (AvgIpc) is 1.73. The first-order valence-corrected chi connectivity index (χ1v) is 5.02. The van der Waals surface area contributed by atoms with Crippen LogP contribution in [-0.4, -0.2) is 22.3 Å². The normalized spacial score (nSPS) is 35.9. The SMILES string of the molecule is CC1OS(=O)(=O)OS1(=O)=O. The molecule has 0 spiro atoms. The van der Waals surface area contributed by atoms with Crippen molar-refractivity contribution >= 4 is 20.5 Å². The van der Waals surface area contributed by atoms with Gasteiger partial charge in [0.15, 0.2) is 0 Å². The molecule has 10 heavy (non-hydrogen) atoms. The van der Waals surface area contributed by atoms with E-state index in [0.29, 0.717) is 0 Å². The third kappa shape index (κ3) is 1.29. The van der Waals surface area contributed by atoms with Gasteiger partial charge in [0.25, 0.3) is 0 Å². The molecule has 0 saturated carbocycles. The molecule has 1 atom stereocenters. The standard InChI is InChI=1S/C2H4O6S2/c1-2-7-10(5,6)8-9(2,3)4/h2H,1H3. The molecule has 0 radical (unpaired) electrons. The summed E-state index contributed by atoms with van der Waals surface area (Å²) in [5.74, 6) is 0. The van der Waals surface area contributed by atoms with Crippen molar-refractivity contribution in [2.24, 2.45) is 0 Å². The number of rotatable bonds is 0. The molecule has 0 aromatic carbocycles. The maximum absolute atomic E-state index is 10.5. The molecule has 0 aromatic rings. The van der Waals surface area contributed by atoms with Crippen molar-refractivity contribution in [3.8, 4) is 0 Å². The Kier molecular flexibility index (Phi) is 1.51. The van der Waals surface area contributed by atoms with Gasteiger partial charge >= 0.3 is 20.5 Å². The maximum Gasteiger partial charge on any atom is 0.416 e. The third-order valence-corrected chi connectivity index (χ3v) is 3.82. The lowest BCUT2D eigenvalue weighted by molar-refractivity contribution is 0.301. The lowest BCUT2D eigenvalue weighted by Gasteiger charge is -1.89. The van der Waals surface area contributed by atoms with Gasteiger partial charge in [-0.1, -0.05) is 0 Å². The van der Waals surface area contributed by atoms with Crippen molar-refractivity contribution in [1.82, 2.24) is 0 Å². The fourth-order valence-corrected chi connectivity index (χ4v) is 2.91. The van der Waals surface area contributed by atoms with E-state index in [1.54, 1.807) is 0 Å². The van der Waals surface area contributed by atoms with Crippen LogP contribution in [0.25, 0.3) is 0 Å². The fraction of sp³-hybridized carbons (Fsp3) is 1.00. The molecule has 1 heterocycles. The third-order valence-electron chi connectivity index (χ3n) is 0.838. The van der Waals surface area contributed by atoms with E-state index < -0.39 is 26.0 Å². The molecule has 1 aliphatic rings. The van der Waals surface area contributed by atoms with Crippen molar-refractivity contribution < 1.29 is 24.6 Å². The molecule has 60 valence electrons. The van der Waals surface area contributed by atoms with E-state index in [0.717, 1.165) is 6.92 Å². The van der Waals surface area contributed by atoms with Gasteiger partial charge in [0, 0.05) is 0 Å². The van der Waals surface area contributed by atoms with Gasteiger partial charge in [-0.05, 0) is 6.92 Å². The Morgan fingerprint density at radius 1 is 1.20 bits per heavy atom. The zero-order chi connectivity index (χ0) is 7.99. The molecule has 1 fully saturated rings. The quantitative estimate of drug-likeness (QED) is 0.482. The molecule has 0 N–H and O–H groups in total. The second-order valence-corrected chi connectivity index (χ2v) is 4.84. The van der Waals surface area contributed by atoms with Crippen molar-refractivity contribution in [3.63, 3.8) is 0 Å². The van der Waals surface area contributed by atoms with Crippen LogP contribution in [0.5, 0.6) is 0 Å². The van der Waals surface area contributed by atoms with Gasteiger partial charge in [-0.2, -0.15) is 16.8 Å². The van der Waals surface area contributed by atoms with Crippen LogP contribution in [0.1, 0.15) is 6.92 Å². The lowest BCUT2D eigenvalue weighted by atomic mass is 10.9. The minimum atomic E-state index is -4.29. The molecular weight excluding hydrogens is 184 g/mol. The second kappa shape index (κ2) is 1.91. The Morgan fingerprint density at radius 3 is 1.80 bits per heavy atom. The van der Waals surface area contributed by atoms with E-state index in [-0.39, 0.29) is 0 Å². The Bertz CT molecular complexity index is 321. The highest BCUT2D eigenvalue weighted by Crippen LogP contribution is 2.20. The van der Waals surface area contributed by atoms with Gasteiger partial charge in [0.1, 0.15) is 0 Å². The summed E-state index contributed by atoms with van der Waals surface area (Å²) in [6.45, 7) is 1.07. The van der Waals surface area contributed by atoms with Crippen molar-refractivity contribution in [2.75, 3.05) is 0 Å². The molecule has 0 aliphatic carbocycles. The van der Waals surface area contributed by atoms with Crippen LogP contribution in [0.3, 0.4) is 0 Å². The molecule has 6 nitrogen and oxygen atoms in total. The van der Waals surface area contributed by atoms with Crippen molar-refractivity contribution in [3.05, 3.63) is 0 Å². The van der Waals surface area contributed by atoms with Gasteiger partial charge in [-0.15, -0.1) is 3.63 Å². The Balaban J connectivity index is 3.16. The fourth-order valence-electron chi connectivity index (χ4n) is 0.402. The Hall–Kier alpha value is -0.180. The highest BCUT2D eigenvalue weighted by Gasteiger charge is 2.41. The Morgan fingerprint density at radius 2 is 1.70 bits per heavy atom. The summed E-state index contributed by atoms with van der Waals surface area (Å²) in [5.41, 5.74) is -1.43. The molecule has 1 rings (SSSR count). The van der Waals surface area contributed by atoms with E-state index in [1.807, 2.05) is 0 Å². The van der Waals surface area contributed by atoms with E-state index in [1.165, 1.54) is 0 Å². The largest absolute Gasteiger partial charge is 0.416 e. The predicted molar refractivity (Wildman–Crippen MR) is 29.5 cm³/mol. The molecule has 0 bridgehead atoms. The van der Waals surface area contributed by atoms with Crippen LogP contribution in [0.2, 0.25) is 0 Å². The van der Waals surface area contributed by atoms with Crippen LogP contribution in [-0.2, 0) is 28.3 Å². The number of hydrogen-bond acceptors (Lipinski definition) is 6. The molecule has 1 aliphatic heterocycles. The molecule has 8 heteroatoms. The summed E-state index contributed by atoms with van der Waals surface area (Å²) in [7, 11) is -8.33. The number of hydrogen-bond donors (Lipinski definition) is 0. The summed E-state index contributed by atoms with van der Waals surface area (Å²) in [6, 6.07) is 0. The van der Waals surface area contributed by atoms with Crippen LogP contribution >= 0.6 is 0 Å². The average molecular weight is 188 g/mol. The monoisotopic (exact) mass is 188 g/mol. The highest BCUT2D eigenvalue weighted by atomic mass is 32.3. The summed E-state index contributed by atoms with van der Waals surface area (Å²) in [5, 5.41) is 0. The second-order valence-electron chi connectivity index (χ2n) is 1.63. The molecule has 0 amide bonds. The molecule has 1 saturated heterocycles. The summed E-state index contributed by atoms with van der Waals surface area (Å²) in [4.78, 5) is 0. The molecule has 1 unspecified atom stereocenters. The van der Waals surface area contributed by atoms with E-state index >= 15 is 0 Å². The summed E-state index contributed by atoms with van der Waals surface area (Å²) in [6.07, 6.45) is 0. The van der Waals surface area contributed by atoms with Crippen LogP contribution in [0, 0.1) is 0 Å². The first-order chi connectivity index (χ1) is 4.33. The van der Waals surface area contributed by atoms with Gasteiger partial charge in [0.05, 0.1) is 0 Å². The smallest absolute Gasteiger partial charge is 0.225 e. The van der Waals surface area contributed by atoms with Gasteiger partial charge in [-0.25, -0.2) is 4.18 Å². The highest BCUT2D eigenvalue weighted by molar-refractivity contribution is 8.00. The maximum atomic E-state index is 10.5. The first-order valence-electron chi connectivity index (χ1n) is 2.22. The zero-order valence-electron chi connectivity index (χ0n) is 4.84. The minimum absolute atomic E-state index is 1.07. The molecule has 0 aromatic heterocycles. The van der Waals surface area contributed by atoms with Crippen LogP contribution < -0.4 is 0 Å².